The van der Waals surface area contributed by atoms with E-state index in [1.54, 1.807) is 22.2 Å². The Morgan fingerprint density at radius 3 is 2.73 bits per heavy atom. The molecule has 0 radical (unpaired) electrons. The summed E-state index contributed by atoms with van der Waals surface area (Å²) in [5.74, 6) is 0.565. The highest BCUT2D eigenvalue weighted by molar-refractivity contribution is 7.26. The maximum atomic E-state index is 5.98. The Balaban J connectivity index is 1.51. The number of H-pyrrole nitrogens is 1. The van der Waals surface area contributed by atoms with Crippen molar-refractivity contribution >= 4 is 49.0 Å². The number of benzene rings is 1. The third-order valence-corrected chi connectivity index (χ3v) is 6.37. The van der Waals surface area contributed by atoms with Crippen LogP contribution in [0.25, 0.3) is 48.9 Å². The smallest absolute Gasteiger partial charge is 0.200 e. The summed E-state index contributed by atoms with van der Waals surface area (Å²) in [6.07, 6.45) is 1.70. The van der Waals surface area contributed by atoms with Crippen molar-refractivity contribution in [2.75, 3.05) is 0 Å². The van der Waals surface area contributed by atoms with E-state index in [0.717, 1.165) is 48.7 Å². The first-order valence-corrected chi connectivity index (χ1v) is 10.5. The molecule has 30 heavy (non-hydrogen) atoms. The zero-order valence-corrected chi connectivity index (χ0v) is 17.6. The Morgan fingerprint density at radius 1 is 1.07 bits per heavy atom. The van der Waals surface area contributed by atoms with E-state index in [1.807, 2.05) is 37.3 Å². The van der Waals surface area contributed by atoms with Gasteiger partial charge in [0.25, 0.3) is 0 Å². The van der Waals surface area contributed by atoms with Gasteiger partial charge in [-0.25, -0.2) is 19.5 Å². The number of fused-ring (bicyclic) bond motifs is 5. The predicted molar refractivity (Wildman–Crippen MR) is 119 cm³/mol. The standard InChI is InChI=1S/C21H14ClN7S/c1-10-7-11(2)24-21-16(10)17-18(30-21)20-25-19(28-29(20)9-23-17)15-8-14(26-27-15)12-3-5-13(22)6-4-12/h3-9H,1-2H3,(H,26,27). The molecule has 0 bridgehead atoms. The zero-order valence-electron chi connectivity index (χ0n) is 16.0. The number of nitrogens with zero attached hydrogens (tertiary/aromatic N) is 6. The summed E-state index contributed by atoms with van der Waals surface area (Å²) in [5.41, 5.74) is 6.36. The predicted octanol–water partition coefficient (Wildman–Crippen LogP) is 5.21. The summed E-state index contributed by atoms with van der Waals surface area (Å²) in [5, 5.41) is 13.8. The van der Waals surface area contributed by atoms with E-state index in [4.69, 9.17) is 16.6 Å². The highest BCUT2D eigenvalue weighted by Gasteiger charge is 2.18. The molecule has 0 atom stereocenters. The molecule has 0 saturated heterocycles. The molecule has 1 aromatic carbocycles. The topological polar surface area (TPSA) is 84.6 Å². The molecule has 0 aliphatic heterocycles. The largest absolute Gasteiger partial charge is 0.274 e. The summed E-state index contributed by atoms with van der Waals surface area (Å²) < 4.78 is 2.68. The van der Waals surface area contributed by atoms with Gasteiger partial charge in [0.15, 0.2) is 11.5 Å². The Hall–Kier alpha value is -3.36. The lowest BCUT2D eigenvalue weighted by Crippen LogP contribution is -1.90. The van der Waals surface area contributed by atoms with E-state index in [0.29, 0.717) is 10.8 Å². The van der Waals surface area contributed by atoms with Gasteiger partial charge in [-0.3, -0.25) is 5.10 Å². The molecule has 6 rings (SSSR count). The number of hydrogen-bond acceptors (Lipinski definition) is 6. The number of nitrogens with one attached hydrogen (secondary N) is 1. The van der Waals surface area contributed by atoms with Crippen LogP contribution in [0, 0.1) is 13.8 Å². The lowest BCUT2D eigenvalue weighted by Gasteiger charge is -1.98. The lowest BCUT2D eigenvalue weighted by atomic mass is 10.1. The molecule has 5 heterocycles. The third-order valence-electron chi connectivity index (χ3n) is 5.05. The number of hydrogen-bond donors (Lipinski definition) is 1. The fourth-order valence-electron chi connectivity index (χ4n) is 3.69. The third kappa shape index (κ3) is 2.61. The minimum absolute atomic E-state index is 0.565. The van der Waals surface area contributed by atoms with E-state index in [-0.39, 0.29) is 0 Å². The average molecular weight is 432 g/mol. The monoisotopic (exact) mass is 431 g/mol. The first-order valence-electron chi connectivity index (χ1n) is 9.30. The van der Waals surface area contributed by atoms with Gasteiger partial charge < -0.3 is 0 Å². The second-order valence-electron chi connectivity index (χ2n) is 7.16. The molecule has 0 aliphatic carbocycles. The van der Waals surface area contributed by atoms with E-state index in [1.165, 1.54) is 5.56 Å². The SMILES string of the molecule is Cc1cc(C)c2c(n1)sc1c2ncn2nc(-c3cc(-c4ccc(Cl)cc4)n[nH]3)nc12. The summed E-state index contributed by atoms with van der Waals surface area (Å²) in [7, 11) is 0. The van der Waals surface area contributed by atoms with Gasteiger partial charge in [-0.2, -0.15) is 5.10 Å². The number of pyridine rings is 1. The maximum Gasteiger partial charge on any atom is 0.200 e. The van der Waals surface area contributed by atoms with Crippen molar-refractivity contribution in [2.45, 2.75) is 13.8 Å². The Kier molecular flexibility index (Phi) is 3.68. The van der Waals surface area contributed by atoms with Crippen molar-refractivity contribution in [3.63, 3.8) is 0 Å². The van der Waals surface area contributed by atoms with Crippen LogP contribution in [0.2, 0.25) is 5.02 Å². The normalized spacial score (nSPS) is 11.8. The molecule has 0 unspecified atom stereocenters. The fraction of sp³-hybridized carbons (Fsp3) is 0.0952. The van der Waals surface area contributed by atoms with Crippen molar-refractivity contribution in [1.29, 1.82) is 0 Å². The van der Waals surface area contributed by atoms with E-state index in [2.05, 4.69) is 38.3 Å². The first kappa shape index (κ1) is 17.5. The number of aromatic nitrogens is 7. The van der Waals surface area contributed by atoms with Gasteiger partial charge in [0, 0.05) is 21.7 Å². The van der Waals surface area contributed by atoms with Crippen LogP contribution in [0.4, 0.5) is 0 Å². The second-order valence-corrected chi connectivity index (χ2v) is 8.60. The molecule has 9 heteroatoms. The maximum absolute atomic E-state index is 5.98. The molecule has 6 aromatic rings. The van der Waals surface area contributed by atoms with Crippen LogP contribution in [-0.4, -0.2) is 34.8 Å². The molecule has 0 saturated carbocycles. The van der Waals surface area contributed by atoms with Gasteiger partial charge >= 0.3 is 0 Å². The van der Waals surface area contributed by atoms with Crippen LogP contribution in [0.1, 0.15) is 11.3 Å². The highest BCUT2D eigenvalue weighted by atomic mass is 35.5. The van der Waals surface area contributed by atoms with Gasteiger partial charge in [-0.1, -0.05) is 23.7 Å². The van der Waals surface area contributed by atoms with Gasteiger partial charge in [-0.15, -0.1) is 16.4 Å². The molecule has 1 N–H and O–H groups in total. The Morgan fingerprint density at radius 2 is 1.90 bits per heavy atom. The van der Waals surface area contributed by atoms with E-state index in [9.17, 15) is 0 Å². The molecular formula is C21H14ClN7S. The average Bonchev–Trinajstić information content (AvgIpc) is 3.43. The molecule has 7 nitrogen and oxygen atoms in total. The first-order chi connectivity index (χ1) is 14.6. The van der Waals surface area contributed by atoms with Crippen molar-refractivity contribution in [3.05, 3.63) is 59.0 Å². The number of thiophene rings is 1. The second kappa shape index (κ2) is 6.32. The zero-order chi connectivity index (χ0) is 20.4. The van der Waals surface area contributed by atoms with E-state index < -0.39 is 0 Å². The van der Waals surface area contributed by atoms with Crippen LogP contribution >= 0.6 is 22.9 Å². The van der Waals surface area contributed by atoms with Crippen molar-refractivity contribution < 1.29 is 0 Å². The molecule has 5 aromatic heterocycles. The number of aromatic amines is 1. The molecule has 0 aliphatic rings. The Labute approximate surface area is 179 Å². The van der Waals surface area contributed by atoms with Crippen LogP contribution < -0.4 is 0 Å². The minimum Gasteiger partial charge on any atom is -0.274 e. The highest BCUT2D eigenvalue weighted by Crippen LogP contribution is 2.36. The van der Waals surface area contributed by atoms with Crippen molar-refractivity contribution in [2.24, 2.45) is 0 Å². The fourth-order valence-corrected chi connectivity index (χ4v) is 5.04. The number of halogens is 1. The van der Waals surface area contributed by atoms with Crippen LogP contribution in [0.5, 0.6) is 0 Å². The van der Waals surface area contributed by atoms with Crippen LogP contribution in [0.3, 0.4) is 0 Å². The molecule has 0 fully saturated rings. The summed E-state index contributed by atoms with van der Waals surface area (Å²) in [6.45, 7) is 4.10. The van der Waals surface area contributed by atoms with Gasteiger partial charge in [0.2, 0.25) is 0 Å². The van der Waals surface area contributed by atoms with Crippen molar-refractivity contribution in [1.82, 2.24) is 34.8 Å². The summed E-state index contributed by atoms with van der Waals surface area (Å²) in [6, 6.07) is 11.6. The summed E-state index contributed by atoms with van der Waals surface area (Å²) in [4.78, 5) is 15.1. The molecule has 0 amide bonds. The van der Waals surface area contributed by atoms with E-state index >= 15 is 0 Å². The molecule has 0 spiro atoms. The molecule has 146 valence electrons. The quantitative estimate of drug-likeness (QED) is 0.406. The number of rotatable bonds is 2. The van der Waals surface area contributed by atoms with Crippen molar-refractivity contribution in [3.8, 4) is 22.8 Å². The van der Waals surface area contributed by atoms with Gasteiger partial charge in [0.1, 0.15) is 21.6 Å². The minimum atomic E-state index is 0.565. The van der Waals surface area contributed by atoms with Crippen LogP contribution in [0.15, 0.2) is 42.7 Å². The number of aryl methyl sites for hydroxylation is 2. The summed E-state index contributed by atoms with van der Waals surface area (Å²) >= 11 is 7.58. The lowest BCUT2D eigenvalue weighted by molar-refractivity contribution is 0.935. The molecular weight excluding hydrogens is 418 g/mol. The van der Waals surface area contributed by atoms with Gasteiger partial charge in [-0.05, 0) is 43.7 Å². The Bertz CT molecular complexity index is 1580. The van der Waals surface area contributed by atoms with Crippen LogP contribution in [-0.2, 0) is 0 Å². The van der Waals surface area contributed by atoms with Gasteiger partial charge in [0.05, 0.1) is 11.2 Å².